The fourth-order valence-corrected chi connectivity index (χ4v) is 4.03. The third-order valence-corrected chi connectivity index (χ3v) is 5.77. The molecule has 1 amide bonds. The summed E-state index contributed by atoms with van der Waals surface area (Å²) >= 11 is 1.33. The van der Waals surface area contributed by atoms with Crippen LogP contribution in [0.5, 0.6) is 0 Å². The lowest BCUT2D eigenvalue weighted by Gasteiger charge is -2.09. The van der Waals surface area contributed by atoms with E-state index in [1.54, 1.807) is 6.26 Å². The van der Waals surface area contributed by atoms with Gasteiger partial charge < -0.3 is 9.73 Å². The number of amides is 1. The van der Waals surface area contributed by atoms with E-state index < -0.39 is 0 Å². The first-order valence-electron chi connectivity index (χ1n) is 9.97. The van der Waals surface area contributed by atoms with E-state index in [2.05, 4.69) is 25.7 Å². The first kappa shape index (κ1) is 20.0. The first-order valence-corrected chi connectivity index (χ1v) is 11.0. The van der Waals surface area contributed by atoms with Crippen LogP contribution in [0.3, 0.4) is 0 Å². The van der Waals surface area contributed by atoms with Crippen LogP contribution >= 0.6 is 11.8 Å². The molecular formula is C22H19N7O2S. The summed E-state index contributed by atoms with van der Waals surface area (Å²) in [5.41, 5.74) is 1.84. The average molecular weight is 446 g/mol. The quantitative estimate of drug-likeness (QED) is 0.366. The van der Waals surface area contributed by atoms with Gasteiger partial charge in [0.05, 0.1) is 25.1 Å². The second-order valence-corrected chi connectivity index (χ2v) is 7.91. The minimum Gasteiger partial charge on any atom is -0.461 e. The Morgan fingerprint density at radius 1 is 0.969 bits per heavy atom. The third kappa shape index (κ3) is 4.26. The van der Waals surface area contributed by atoms with E-state index in [1.165, 1.54) is 11.8 Å². The van der Waals surface area contributed by atoms with Crippen molar-refractivity contribution in [2.24, 2.45) is 0 Å². The van der Waals surface area contributed by atoms with Gasteiger partial charge in [0, 0.05) is 6.20 Å². The molecule has 1 aromatic carbocycles. The summed E-state index contributed by atoms with van der Waals surface area (Å²) in [6.07, 6.45) is 3.47. The Morgan fingerprint density at radius 3 is 2.69 bits per heavy atom. The summed E-state index contributed by atoms with van der Waals surface area (Å²) in [6, 6.07) is 19.3. The summed E-state index contributed by atoms with van der Waals surface area (Å²) in [6.45, 7) is 0.860. The van der Waals surface area contributed by atoms with Crippen LogP contribution in [0.1, 0.15) is 11.4 Å². The molecule has 0 atom stereocenters. The maximum absolute atomic E-state index is 12.5. The summed E-state index contributed by atoms with van der Waals surface area (Å²) in [5, 5.41) is 20.4. The maximum atomic E-state index is 12.5. The predicted octanol–water partition coefficient (Wildman–Crippen LogP) is 3.04. The number of fused-ring (bicyclic) bond motifs is 1. The zero-order valence-electron chi connectivity index (χ0n) is 17.0. The molecule has 32 heavy (non-hydrogen) atoms. The van der Waals surface area contributed by atoms with E-state index in [0.29, 0.717) is 35.7 Å². The molecule has 0 saturated carbocycles. The molecule has 0 saturated heterocycles. The fraction of sp³-hybridized carbons (Fsp3) is 0.136. The van der Waals surface area contributed by atoms with Gasteiger partial charge in [0.15, 0.2) is 22.4 Å². The molecule has 5 rings (SSSR count). The van der Waals surface area contributed by atoms with Gasteiger partial charge in [-0.1, -0.05) is 48.2 Å². The molecule has 5 aromatic rings. The Bertz CT molecular complexity index is 1330. The normalized spacial score (nSPS) is 11.1. The summed E-state index contributed by atoms with van der Waals surface area (Å²) < 4.78 is 9.33. The SMILES string of the molecule is O=C(CSc1nnc(-c2ccco2)n1Cc1ccccc1)NCc1nnc2ccccn12. The van der Waals surface area contributed by atoms with Crippen molar-refractivity contribution < 1.29 is 9.21 Å². The molecule has 0 aliphatic heterocycles. The van der Waals surface area contributed by atoms with Gasteiger partial charge in [0.2, 0.25) is 11.7 Å². The van der Waals surface area contributed by atoms with Gasteiger partial charge in [0.25, 0.3) is 0 Å². The Labute approximate surface area is 187 Å². The van der Waals surface area contributed by atoms with Gasteiger partial charge in [0.1, 0.15) is 0 Å². The molecular weight excluding hydrogens is 426 g/mol. The monoisotopic (exact) mass is 445 g/mol. The van der Waals surface area contributed by atoms with Crippen LogP contribution in [0.25, 0.3) is 17.2 Å². The molecule has 0 fully saturated rings. The molecule has 9 nitrogen and oxygen atoms in total. The van der Waals surface area contributed by atoms with E-state index in [4.69, 9.17) is 4.42 Å². The molecule has 0 bridgehead atoms. The van der Waals surface area contributed by atoms with Crippen LogP contribution in [0, 0.1) is 0 Å². The lowest BCUT2D eigenvalue weighted by Crippen LogP contribution is -2.25. The summed E-state index contributed by atoms with van der Waals surface area (Å²) in [4.78, 5) is 12.5. The van der Waals surface area contributed by atoms with Crippen LogP contribution < -0.4 is 5.32 Å². The molecule has 160 valence electrons. The average Bonchev–Trinajstić information content (AvgIpc) is 3.57. The number of rotatable bonds is 8. The standard InChI is InChI=1S/C22H19N7O2S/c30-20(23-13-19-25-24-18-10-4-5-11-28(18)19)15-32-22-27-26-21(17-9-6-12-31-17)29(22)14-16-7-2-1-3-8-16/h1-12H,13-15H2,(H,23,30). The Hall–Kier alpha value is -3.92. The Kier molecular flexibility index (Phi) is 5.67. The second kappa shape index (κ2) is 9.06. The zero-order valence-corrected chi connectivity index (χ0v) is 17.8. The number of carbonyl (C=O) groups is 1. The molecule has 4 heterocycles. The minimum atomic E-state index is -0.128. The smallest absolute Gasteiger partial charge is 0.230 e. The summed E-state index contributed by atoms with van der Waals surface area (Å²) in [5.74, 6) is 1.99. The van der Waals surface area contributed by atoms with Gasteiger partial charge in [-0.3, -0.25) is 13.8 Å². The number of hydrogen-bond acceptors (Lipinski definition) is 7. The van der Waals surface area contributed by atoms with Gasteiger partial charge in [-0.05, 0) is 29.8 Å². The van der Waals surface area contributed by atoms with Crippen LogP contribution in [0.2, 0.25) is 0 Å². The number of pyridine rings is 1. The molecule has 0 unspecified atom stereocenters. The molecule has 0 radical (unpaired) electrons. The van der Waals surface area contributed by atoms with Crippen molar-refractivity contribution in [2.75, 3.05) is 5.75 Å². The Morgan fingerprint density at radius 2 is 1.84 bits per heavy atom. The highest BCUT2D eigenvalue weighted by molar-refractivity contribution is 7.99. The topological polar surface area (TPSA) is 103 Å². The van der Waals surface area contributed by atoms with Gasteiger partial charge >= 0.3 is 0 Å². The molecule has 0 spiro atoms. The Balaban J connectivity index is 1.28. The van der Waals surface area contributed by atoms with Crippen LogP contribution in [-0.2, 0) is 17.9 Å². The van der Waals surface area contributed by atoms with Crippen LogP contribution in [-0.4, -0.2) is 41.0 Å². The lowest BCUT2D eigenvalue weighted by molar-refractivity contribution is -0.118. The van der Waals surface area contributed by atoms with E-state index in [-0.39, 0.29) is 11.7 Å². The van der Waals surface area contributed by atoms with Crippen molar-refractivity contribution in [3.8, 4) is 11.6 Å². The third-order valence-electron chi connectivity index (χ3n) is 4.80. The van der Waals surface area contributed by atoms with E-state index in [1.807, 2.05) is 75.8 Å². The van der Waals surface area contributed by atoms with Crippen molar-refractivity contribution >= 4 is 23.3 Å². The van der Waals surface area contributed by atoms with Crippen LogP contribution in [0.15, 0.2) is 82.7 Å². The zero-order chi connectivity index (χ0) is 21.8. The number of hydrogen-bond donors (Lipinski definition) is 1. The van der Waals surface area contributed by atoms with Gasteiger partial charge in [-0.2, -0.15) is 0 Å². The lowest BCUT2D eigenvalue weighted by atomic mass is 10.2. The highest BCUT2D eigenvalue weighted by Gasteiger charge is 2.18. The van der Waals surface area contributed by atoms with Gasteiger partial charge in [-0.25, -0.2) is 0 Å². The number of carbonyl (C=O) groups excluding carboxylic acids is 1. The number of aromatic nitrogens is 6. The van der Waals surface area contributed by atoms with Crippen molar-refractivity contribution in [1.29, 1.82) is 0 Å². The maximum Gasteiger partial charge on any atom is 0.230 e. The van der Waals surface area contributed by atoms with Crippen molar-refractivity contribution in [2.45, 2.75) is 18.2 Å². The van der Waals surface area contributed by atoms with Crippen molar-refractivity contribution in [3.05, 3.63) is 84.5 Å². The number of thioether (sulfide) groups is 1. The number of benzene rings is 1. The van der Waals surface area contributed by atoms with E-state index in [0.717, 1.165) is 11.2 Å². The highest BCUT2D eigenvalue weighted by atomic mass is 32.2. The van der Waals surface area contributed by atoms with E-state index >= 15 is 0 Å². The summed E-state index contributed by atoms with van der Waals surface area (Å²) in [7, 11) is 0. The molecule has 0 aliphatic carbocycles. The first-order chi connectivity index (χ1) is 15.8. The predicted molar refractivity (Wildman–Crippen MR) is 119 cm³/mol. The molecule has 4 aromatic heterocycles. The minimum absolute atomic E-state index is 0.128. The largest absolute Gasteiger partial charge is 0.461 e. The van der Waals surface area contributed by atoms with Crippen molar-refractivity contribution in [3.63, 3.8) is 0 Å². The molecule has 10 heteroatoms. The molecule has 1 N–H and O–H groups in total. The van der Waals surface area contributed by atoms with Crippen LogP contribution in [0.4, 0.5) is 0 Å². The van der Waals surface area contributed by atoms with Gasteiger partial charge in [-0.15, -0.1) is 20.4 Å². The highest BCUT2D eigenvalue weighted by Crippen LogP contribution is 2.25. The van der Waals surface area contributed by atoms with E-state index in [9.17, 15) is 4.79 Å². The fourth-order valence-electron chi connectivity index (χ4n) is 3.26. The number of nitrogens with one attached hydrogen (secondary N) is 1. The van der Waals surface area contributed by atoms with Crippen molar-refractivity contribution in [1.82, 2.24) is 34.7 Å². The number of nitrogens with zero attached hydrogens (tertiary/aromatic N) is 6. The number of furan rings is 1. The molecule has 0 aliphatic rings. The second-order valence-electron chi connectivity index (χ2n) is 6.97.